The number of ether oxygens (including phenoxy) is 2. The van der Waals surface area contributed by atoms with Crippen LogP contribution < -0.4 is 5.32 Å². The van der Waals surface area contributed by atoms with Crippen LogP contribution in [-0.4, -0.2) is 44.7 Å². The van der Waals surface area contributed by atoms with Gasteiger partial charge in [0.25, 0.3) is 0 Å². The van der Waals surface area contributed by atoms with Crippen LogP contribution in [0.2, 0.25) is 0 Å². The van der Waals surface area contributed by atoms with E-state index in [0.717, 1.165) is 4.47 Å². The summed E-state index contributed by atoms with van der Waals surface area (Å²) in [6.45, 7) is 3.94. The molecule has 0 radical (unpaired) electrons. The van der Waals surface area contributed by atoms with Gasteiger partial charge < -0.3 is 19.9 Å². The molecule has 0 saturated heterocycles. The molecule has 0 saturated carbocycles. The first kappa shape index (κ1) is 16.6. The Kier molecular flexibility index (Phi) is 8.25. The van der Waals surface area contributed by atoms with Crippen molar-refractivity contribution in [2.75, 3.05) is 33.5 Å². The number of rotatable bonds is 9. The first-order valence-corrected chi connectivity index (χ1v) is 7.17. The molecule has 5 heteroatoms. The van der Waals surface area contributed by atoms with Crippen molar-refractivity contribution in [2.24, 2.45) is 0 Å². The van der Waals surface area contributed by atoms with Gasteiger partial charge in [0, 0.05) is 24.2 Å². The van der Waals surface area contributed by atoms with Crippen LogP contribution in [0, 0.1) is 0 Å². The highest BCUT2D eigenvalue weighted by atomic mass is 79.9. The number of benzene rings is 1. The average molecular weight is 332 g/mol. The van der Waals surface area contributed by atoms with Crippen LogP contribution in [-0.2, 0) is 9.47 Å². The summed E-state index contributed by atoms with van der Waals surface area (Å²) in [5.41, 5.74) is 1.18. The number of hydrogen-bond acceptors (Lipinski definition) is 4. The van der Waals surface area contributed by atoms with Crippen LogP contribution in [0.25, 0.3) is 0 Å². The van der Waals surface area contributed by atoms with Crippen LogP contribution in [0.15, 0.2) is 28.7 Å². The monoisotopic (exact) mass is 331 g/mol. The smallest absolute Gasteiger partial charge is 0.0897 e. The maximum atomic E-state index is 9.77. The number of hydrogen-bond donors (Lipinski definition) is 2. The topological polar surface area (TPSA) is 50.7 Å². The van der Waals surface area contributed by atoms with Gasteiger partial charge in [0.05, 0.1) is 25.9 Å². The average Bonchev–Trinajstić information content (AvgIpc) is 2.41. The van der Waals surface area contributed by atoms with Crippen molar-refractivity contribution < 1.29 is 14.6 Å². The van der Waals surface area contributed by atoms with E-state index in [0.29, 0.717) is 26.4 Å². The lowest BCUT2D eigenvalue weighted by molar-refractivity contribution is 0.0130. The number of nitrogens with one attached hydrogen (secondary N) is 1. The molecule has 2 atom stereocenters. The van der Waals surface area contributed by atoms with Gasteiger partial charge in [-0.3, -0.25) is 0 Å². The Balaban J connectivity index is 2.26. The number of halogens is 1. The molecule has 0 heterocycles. The summed E-state index contributed by atoms with van der Waals surface area (Å²) in [6, 6.07) is 8.23. The quantitative estimate of drug-likeness (QED) is 0.680. The Hall–Kier alpha value is -0.460. The summed E-state index contributed by atoms with van der Waals surface area (Å²) in [5.74, 6) is 0. The third-order valence-electron chi connectivity index (χ3n) is 2.77. The van der Waals surface area contributed by atoms with Crippen LogP contribution >= 0.6 is 15.9 Å². The molecule has 1 aromatic carbocycles. The van der Waals surface area contributed by atoms with E-state index in [4.69, 9.17) is 9.47 Å². The second-order valence-corrected chi connectivity index (χ2v) is 5.23. The lowest BCUT2D eigenvalue weighted by Crippen LogP contribution is -2.32. The fraction of sp³-hybridized carbons (Fsp3) is 0.571. The molecule has 4 nitrogen and oxygen atoms in total. The number of aliphatic hydroxyl groups is 1. The van der Waals surface area contributed by atoms with Crippen LogP contribution in [0.3, 0.4) is 0 Å². The van der Waals surface area contributed by atoms with Crippen molar-refractivity contribution in [1.82, 2.24) is 5.32 Å². The van der Waals surface area contributed by atoms with Gasteiger partial charge in [0.1, 0.15) is 0 Å². The molecule has 0 bridgehead atoms. The van der Waals surface area contributed by atoms with Crippen molar-refractivity contribution in [3.63, 3.8) is 0 Å². The standard InChI is InChI=1S/C14H22BrNO3/c1-11(13-5-3-4-6-14(13)15)16-9-12(17)10-19-8-7-18-2/h3-6,11-12,16-17H,7-10H2,1-2H3/t11-,12?/m1/s1. The highest BCUT2D eigenvalue weighted by Gasteiger charge is 2.10. The zero-order chi connectivity index (χ0) is 14.1. The van der Waals surface area contributed by atoms with E-state index in [1.165, 1.54) is 5.56 Å². The minimum atomic E-state index is -0.512. The van der Waals surface area contributed by atoms with Gasteiger partial charge in [0.2, 0.25) is 0 Å². The number of methoxy groups -OCH3 is 1. The fourth-order valence-corrected chi connectivity index (χ4v) is 2.30. The third-order valence-corrected chi connectivity index (χ3v) is 3.50. The molecule has 0 aliphatic heterocycles. The summed E-state index contributed by atoms with van der Waals surface area (Å²) >= 11 is 3.52. The second-order valence-electron chi connectivity index (χ2n) is 4.37. The maximum absolute atomic E-state index is 9.77. The van der Waals surface area contributed by atoms with Crippen LogP contribution in [0.4, 0.5) is 0 Å². The van der Waals surface area contributed by atoms with Crippen molar-refractivity contribution in [3.8, 4) is 0 Å². The lowest BCUT2D eigenvalue weighted by atomic mass is 10.1. The molecular formula is C14H22BrNO3. The van der Waals surface area contributed by atoms with E-state index in [9.17, 15) is 5.11 Å². The second kappa shape index (κ2) is 9.44. The van der Waals surface area contributed by atoms with E-state index in [1.54, 1.807) is 7.11 Å². The highest BCUT2D eigenvalue weighted by molar-refractivity contribution is 9.10. The molecule has 0 aliphatic carbocycles. The van der Waals surface area contributed by atoms with Gasteiger partial charge in [-0.05, 0) is 18.6 Å². The Labute approximate surface area is 123 Å². The van der Waals surface area contributed by atoms with Crippen molar-refractivity contribution in [1.29, 1.82) is 0 Å². The molecule has 0 fully saturated rings. The number of aliphatic hydroxyl groups excluding tert-OH is 1. The molecule has 0 amide bonds. The minimum Gasteiger partial charge on any atom is -0.389 e. The summed E-state index contributed by atoms with van der Waals surface area (Å²) in [4.78, 5) is 0. The summed E-state index contributed by atoms with van der Waals surface area (Å²) in [6.07, 6.45) is -0.512. The van der Waals surface area contributed by atoms with Crippen LogP contribution in [0.5, 0.6) is 0 Å². The first-order chi connectivity index (χ1) is 9.15. The van der Waals surface area contributed by atoms with Gasteiger partial charge in [-0.15, -0.1) is 0 Å². The van der Waals surface area contributed by atoms with Gasteiger partial charge in [0.15, 0.2) is 0 Å². The Morgan fingerprint density at radius 3 is 2.74 bits per heavy atom. The predicted octanol–water partition coefficient (Wildman–Crippen LogP) is 2.12. The van der Waals surface area contributed by atoms with Gasteiger partial charge in [-0.25, -0.2) is 0 Å². The normalized spacial score (nSPS) is 14.3. The highest BCUT2D eigenvalue weighted by Crippen LogP contribution is 2.22. The molecule has 0 spiro atoms. The Morgan fingerprint density at radius 2 is 2.05 bits per heavy atom. The van der Waals surface area contributed by atoms with E-state index in [-0.39, 0.29) is 6.04 Å². The largest absolute Gasteiger partial charge is 0.389 e. The molecule has 0 aromatic heterocycles. The van der Waals surface area contributed by atoms with Crippen LogP contribution in [0.1, 0.15) is 18.5 Å². The predicted molar refractivity (Wildman–Crippen MR) is 79.3 cm³/mol. The minimum absolute atomic E-state index is 0.171. The molecule has 1 unspecified atom stereocenters. The van der Waals surface area contributed by atoms with Crippen molar-refractivity contribution >= 4 is 15.9 Å². The van der Waals surface area contributed by atoms with E-state index < -0.39 is 6.10 Å². The third kappa shape index (κ3) is 6.49. The summed E-state index contributed by atoms with van der Waals surface area (Å²) < 4.78 is 11.2. The van der Waals surface area contributed by atoms with Crippen molar-refractivity contribution in [2.45, 2.75) is 19.1 Å². The molecule has 1 rings (SSSR count). The van der Waals surface area contributed by atoms with E-state index >= 15 is 0 Å². The van der Waals surface area contributed by atoms with Crippen molar-refractivity contribution in [3.05, 3.63) is 34.3 Å². The molecule has 19 heavy (non-hydrogen) atoms. The fourth-order valence-electron chi connectivity index (χ4n) is 1.67. The molecular weight excluding hydrogens is 310 g/mol. The molecule has 2 N–H and O–H groups in total. The zero-order valence-corrected chi connectivity index (χ0v) is 13.0. The summed E-state index contributed by atoms with van der Waals surface area (Å²) in [7, 11) is 1.63. The van der Waals surface area contributed by atoms with Gasteiger partial charge in [-0.1, -0.05) is 34.1 Å². The Bertz CT molecular complexity index is 362. The molecule has 1 aromatic rings. The van der Waals surface area contributed by atoms with Gasteiger partial charge >= 0.3 is 0 Å². The first-order valence-electron chi connectivity index (χ1n) is 6.37. The lowest BCUT2D eigenvalue weighted by Gasteiger charge is -2.18. The summed E-state index contributed by atoms with van der Waals surface area (Å²) in [5, 5.41) is 13.1. The zero-order valence-electron chi connectivity index (χ0n) is 11.4. The van der Waals surface area contributed by atoms with E-state index in [1.807, 2.05) is 18.2 Å². The van der Waals surface area contributed by atoms with E-state index in [2.05, 4.69) is 34.2 Å². The molecule has 0 aliphatic rings. The SMILES string of the molecule is COCCOCC(O)CN[C@H](C)c1ccccc1Br. The maximum Gasteiger partial charge on any atom is 0.0897 e. The van der Waals surface area contributed by atoms with Gasteiger partial charge in [-0.2, -0.15) is 0 Å². The molecule has 108 valence electrons. The Morgan fingerprint density at radius 1 is 1.32 bits per heavy atom.